The lowest BCUT2D eigenvalue weighted by Gasteiger charge is -2.32. The molecule has 0 saturated carbocycles. The van der Waals surface area contributed by atoms with Crippen LogP contribution in [0.2, 0.25) is 0 Å². The van der Waals surface area contributed by atoms with E-state index in [1.807, 2.05) is 18.9 Å². The van der Waals surface area contributed by atoms with Gasteiger partial charge in [0.1, 0.15) is 0 Å². The van der Waals surface area contributed by atoms with Crippen molar-refractivity contribution in [3.05, 3.63) is 5.69 Å². The predicted octanol–water partition coefficient (Wildman–Crippen LogP) is 0.997. The van der Waals surface area contributed by atoms with Crippen molar-refractivity contribution in [3.63, 3.8) is 0 Å². The third kappa shape index (κ3) is 2.86. The van der Waals surface area contributed by atoms with Crippen LogP contribution in [0.4, 0.5) is 5.13 Å². The number of thiazole rings is 1. The molecule has 0 aliphatic carbocycles. The highest BCUT2D eigenvalue weighted by atomic mass is 32.1. The molecule has 0 aromatic carbocycles. The summed E-state index contributed by atoms with van der Waals surface area (Å²) in [5.41, 5.74) is 1.89. The molecule has 1 aliphatic rings. The molecule has 3 rings (SSSR count). The Morgan fingerprint density at radius 3 is 3.10 bits per heavy atom. The van der Waals surface area contributed by atoms with E-state index < -0.39 is 0 Å². The van der Waals surface area contributed by atoms with E-state index in [-0.39, 0.29) is 12.0 Å². The van der Waals surface area contributed by atoms with Gasteiger partial charge in [0, 0.05) is 33.6 Å². The van der Waals surface area contributed by atoms with Gasteiger partial charge in [0.15, 0.2) is 10.8 Å². The number of ether oxygens (including phenoxy) is 1. The number of carbonyl (C=O) groups excluding carboxylic acids is 1. The van der Waals surface area contributed by atoms with Gasteiger partial charge in [-0.25, -0.2) is 9.67 Å². The lowest BCUT2D eigenvalue weighted by molar-refractivity contribution is -0.135. The molecule has 0 bridgehead atoms. The van der Waals surface area contributed by atoms with Crippen LogP contribution in [0.25, 0.3) is 10.3 Å². The molecule has 1 amide bonds. The number of hydrogen-bond acceptors (Lipinski definition) is 6. The van der Waals surface area contributed by atoms with Crippen molar-refractivity contribution in [1.29, 1.82) is 0 Å². The summed E-state index contributed by atoms with van der Waals surface area (Å²) in [7, 11) is 1.90. The first-order valence-electron chi connectivity index (χ1n) is 6.95. The molecular formula is C13H19N5O2S. The zero-order chi connectivity index (χ0) is 15.0. The van der Waals surface area contributed by atoms with Crippen LogP contribution >= 0.6 is 11.3 Å². The summed E-state index contributed by atoms with van der Waals surface area (Å²) in [6.07, 6.45) is 0.00823. The van der Waals surface area contributed by atoms with E-state index in [2.05, 4.69) is 15.4 Å². The van der Waals surface area contributed by atoms with Gasteiger partial charge >= 0.3 is 0 Å². The molecule has 114 valence electrons. The number of amides is 1. The number of fused-ring (bicyclic) bond motifs is 1. The molecule has 1 aliphatic heterocycles. The van der Waals surface area contributed by atoms with Crippen molar-refractivity contribution < 1.29 is 9.53 Å². The monoisotopic (exact) mass is 309 g/mol. The molecule has 1 saturated heterocycles. The first-order chi connectivity index (χ1) is 10.0. The minimum Gasteiger partial charge on any atom is -0.373 e. The van der Waals surface area contributed by atoms with E-state index >= 15 is 0 Å². The average molecular weight is 309 g/mol. The first kappa shape index (κ1) is 14.3. The number of nitrogens with one attached hydrogen (secondary N) is 1. The third-order valence-electron chi connectivity index (χ3n) is 3.61. The van der Waals surface area contributed by atoms with Gasteiger partial charge in [-0.05, 0) is 6.92 Å². The largest absolute Gasteiger partial charge is 0.373 e. The minimum absolute atomic E-state index is 0.00823. The Labute approximate surface area is 126 Å². The van der Waals surface area contributed by atoms with Crippen LogP contribution in [0.1, 0.15) is 12.6 Å². The molecule has 1 fully saturated rings. The molecule has 1 atom stereocenters. The Bertz CT molecular complexity index is 630. The van der Waals surface area contributed by atoms with E-state index in [1.165, 1.54) is 0 Å². The number of hydrogen-bond donors (Lipinski definition) is 1. The summed E-state index contributed by atoms with van der Waals surface area (Å²) in [6.45, 7) is 6.13. The Balaban J connectivity index is 1.63. The van der Waals surface area contributed by atoms with Crippen LogP contribution < -0.4 is 5.32 Å². The van der Waals surface area contributed by atoms with Crippen LogP contribution in [0.3, 0.4) is 0 Å². The Morgan fingerprint density at radius 1 is 1.57 bits per heavy atom. The van der Waals surface area contributed by atoms with Gasteiger partial charge < -0.3 is 15.0 Å². The fourth-order valence-corrected chi connectivity index (χ4v) is 3.43. The summed E-state index contributed by atoms with van der Waals surface area (Å²) in [5.74, 6) is 0.102. The zero-order valence-electron chi connectivity index (χ0n) is 12.4. The molecule has 7 nitrogen and oxygen atoms in total. The number of morpholine rings is 1. The average Bonchev–Trinajstić information content (AvgIpc) is 2.99. The van der Waals surface area contributed by atoms with Gasteiger partial charge in [-0.3, -0.25) is 4.79 Å². The number of carbonyl (C=O) groups is 1. The van der Waals surface area contributed by atoms with Gasteiger partial charge in [-0.2, -0.15) is 5.10 Å². The van der Waals surface area contributed by atoms with E-state index in [4.69, 9.17) is 4.74 Å². The number of aromatic nitrogens is 3. The number of nitrogens with zero attached hydrogens (tertiary/aromatic N) is 4. The second-order valence-electron chi connectivity index (χ2n) is 5.22. The number of aryl methyl sites for hydroxylation is 2. The maximum absolute atomic E-state index is 11.4. The summed E-state index contributed by atoms with van der Waals surface area (Å²) in [4.78, 5) is 17.8. The van der Waals surface area contributed by atoms with Crippen LogP contribution in [-0.4, -0.2) is 57.9 Å². The van der Waals surface area contributed by atoms with E-state index in [9.17, 15) is 4.79 Å². The highest BCUT2D eigenvalue weighted by molar-refractivity contribution is 7.22. The van der Waals surface area contributed by atoms with Gasteiger partial charge in [-0.15, -0.1) is 0 Å². The van der Waals surface area contributed by atoms with Crippen molar-refractivity contribution in [2.75, 3.05) is 31.6 Å². The van der Waals surface area contributed by atoms with Gasteiger partial charge in [0.2, 0.25) is 5.91 Å². The summed E-state index contributed by atoms with van der Waals surface area (Å²) >= 11 is 1.60. The van der Waals surface area contributed by atoms with E-state index in [0.717, 1.165) is 21.2 Å². The number of rotatable bonds is 3. The number of anilines is 1. The van der Waals surface area contributed by atoms with Crippen LogP contribution in [-0.2, 0) is 16.6 Å². The standard InChI is InChI=1S/C13H19N5O2S/c1-8-11-12(17(3)16-8)15-13(21-11)14-6-10-7-18(9(2)19)4-5-20-10/h10H,4-7H2,1-3H3,(H,14,15)/t10-/m0/s1. The summed E-state index contributed by atoms with van der Waals surface area (Å²) in [5, 5.41) is 8.51. The molecule has 0 radical (unpaired) electrons. The van der Waals surface area contributed by atoms with Crippen LogP contribution in [0, 0.1) is 6.92 Å². The van der Waals surface area contributed by atoms with Crippen LogP contribution in [0.15, 0.2) is 0 Å². The van der Waals surface area contributed by atoms with Crippen molar-refractivity contribution in [2.45, 2.75) is 20.0 Å². The Kier molecular flexibility index (Phi) is 3.81. The summed E-state index contributed by atoms with van der Waals surface area (Å²) in [6, 6.07) is 0. The van der Waals surface area contributed by atoms with Crippen molar-refractivity contribution in [1.82, 2.24) is 19.7 Å². The lowest BCUT2D eigenvalue weighted by atomic mass is 10.2. The SMILES string of the molecule is CC(=O)N1CCO[C@@H](CNc2nc3c(s2)c(C)nn3C)C1. The highest BCUT2D eigenvalue weighted by Crippen LogP contribution is 2.28. The molecule has 3 heterocycles. The maximum atomic E-state index is 11.4. The quantitative estimate of drug-likeness (QED) is 0.915. The molecule has 0 unspecified atom stereocenters. The minimum atomic E-state index is 0.00823. The second-order valence-corrected chi connectivity index (χ2v) is 6.22. The Hall–Kier alpha value is -1.67. The molecule has 1 N–H and O–H groups in total. The third-order valence-corrected chi connectivity index (χ3v) is 4.72. The second kappa shape index (κ2) is 5.61. The first-order valence-corrected chi connectivity index (χ1v) is 7.77. The molecule has 21 heavy (non-hydrogen) atoms. The fraction of sp³-hybridized carbons (Fsp3) is 0.615. The fourth-order valence-electron chi connectivity index (χ4n) is 2.49. The summed E-state index contributed by atoms with van der Waals surface area (Å²) < 4.78 is 8.59. The molecule has 0 spiro atoms. The predicted molar refractivity (Wildman–Crippen MR) is 81.6 cm³/mol. The normalized spacial score (nSPS) is 19.2. The zero-order valence-corrected chi connectivity index (χ0v) is 13.2. The molecule has 2 aromatic rings. The van der Waals surface area contributed by atoms with Gasteiger partial charge in [-0.1, -0.05) is 11.3 Å². The lowest BCUT2D eigenvalue weighted by Crippen LogP contribution is -2.47. The van der Waals surface area contributed by atoms with Crippen molar-refractivity contribution in [2.24, 2.45) is 7.05 Å². The topological polar surface area (TPSA) is 72.3 Å². The molecule has 8 heteroatoms. The Morgan fingerprint density at radius 2 is 2.38 bits per heavy atom. The van der Waals surface area contributed by atoms with Crippen molar-refractivity contribution >= 4 is 32.7 Å². The molecular weight excluding hydrogens is 290 g/mol. The smallest absolute Gasteiger partial charge is 0.219 e. The maximum Gasteiger partial charge on any atom is 0.219 e. The van der Waals surface area contributed by atoms with E-state index in [0.29, 0.717) is 26.2 Å². The molecule has 2 aromatic heterocycles. The van der Waals surface area contributed by atoms with Crippen LogP contribution in [0.5, 0.6) is 0 Å². The van der Waals surface area contributed by atoms with Crippen molar-refractivity contribution in [3.8, 4) is 0 Å². The highest BCUT2D eigenvalue weighted by Gasteiger charge is 2.22. The van der Waals surface area contributed by atoms with E-state index in [1.54, 1.807) is 22.9 Å². The van der Waals surface area contributed by atoms with Gasteiger partial charge in [0.25, 0.3) is 0 Å². The van der Waals surface area contributed by atoms with Gasteiger partial charge in [0.05, 0.1) is 23.1 Å².